The Kier molecular flexibility index (Phi) is 5.91. The Morgan fingerprint density at radius 3 is 2.71 bits per heavy atom. The standard InChI is InChI=1S/C18H26BrN3O2/c1-12(2)7-6-10-22(17(23)24-18(3,4)5)16-20-14-9-8-13(19)11-15(14)21-16/h8-9,11-12H,6-7,10H2,1-5H3,(H,20,21). The van der Waals surface area contributed by atoms with E-state index in [-0.39, 0.29) is 6.09 Å². The highest BCUT2D eigenvalue weighted by Crippen LogP contribution is 2.23. The summed E-state index contributed by atoms with van der Waals surface area (Å²) in [6.45, 7) is 10.5. The highest BCUT2D eigenvalue weighted by Gasteiger charge is 2.25. The number of hydrogen-bond acceptors (Lipinski definition) is 3. The maximum Gasteiger partial charge on any atom is 0.417 e. The van der Waals surface area contributed by atoms with Crippen molar-refractivity contribution in [3.63, 3.8) is 0 Å². The highest BCUT2D eigenvalue weighted by atomic mass is 79.9. The van der Waals surface area contributed by atoms with Crippen LogP contribution in [-0.2, 0) is 4.74 Å². The Morgan fingerprint density at radius 1 is 1.38 bits per heavy atom. The van der Waals surface area contributed by atoms with E-state index >= 15 is 0 Å². The van der Waals surface area contributed by atoms with Gasteiger partial charge in [-0.25, -0.2) is 14.7 Å². The first-order chi connectivity index (χ1) is 11.2. The summed E-state index contributed by atoms with van der Waals surface area (Å²) in [5.74, 6) is 1.12. The van der Waals surface area contributed by atoms with Crippen molar-refractivity contribution in [2.24, 2.45) is 5.92 Å². The van der Waals surface area contributed by atoms with Crippen molar-refractivity contribution in [1.29, 1.82) is 0 Å². The monoisotopic (exact) mass is 395 g/mol. The van der Waals surface area contributed by atoms with Crippen LogP contribution in [0, 0.1) is 5.92 Å². The molecule has 1 heterocycles. The van der Waals surface area contributed by atoms with E-state index in [9.17, 15) is 4.79 Å². The number of rotatable bonds is 5. The van der Waals surface area contributed by atoms with E-state index in [1.54, 1.807) is 4.90 Å². The summed E-state index contributed by atoms with van der Waals surface area (Å²) in [6.07, 6.45) is 1.58. The summed E-state index contributed by atoms with van der Waals surface area (Å²) in [4.78, 5) is 22.0. The van der Waals surface area contributed by atoms with Gasteiger partial charge in [0, 0.05) is 11.0 Å². The predicted octanol–water partition coefficient (Wildman–Crippen LogP) is 5.50. The number of halogens is 1. The maximum atomic E-state index is 12.6. The SMILES string of the molecule is CC(C)CCCN(C(=O)OC(C)(C)C)c1nc2cc(Br)ccc2[nH]1. The Morgan fingerprint density at radius 2 is 2.08 bits per heavy atom. The largest absolute Gasteiger partial charge is 0.443 e. The topological polar surface area (TPSA) is 58.2 Å². The van der Waals surface area contributed by atoms with Crippen molar-refractivity contribution in [3.05, 3.63) is 22.7 Å². The van der Waals surface area contributed by atoms with Crippen molar-refractivity contribution < 1.29 is 9.53 Å². The number of nitrogens with one attached hydrogen (secondary N) is 1. The lowest BCUT2D eigenvalue weighted by molar-refractivity contribution is 0.0577. The fourth-order valence-corrected chi connectivity index (χ4v) is 2.70. The van der Waals surface area contributed by atoms with Crippen molar-refractivity contribution >= 4 is 39.0 Å². The molecule has 0 aliphatic heterocycles. The molecule has 24 heavy (non-hydrogen) atoms. The predicted molar refractivity (Wildman–Crippen MR) is 101 cm³/mol. The molecule has 0 aliphatic carbocycles. The van der Waals surface area contributed by atoms with Gasteiger partial charge < -0.3 is 9.72 Å². The average Bonchev–Trinajstić information content (AvgIpc) is 2.83. The molecule has 0 bridgehead atoms. The number of nitrogens with zero attached hydrogens (tertiary/aromatic N) is 2. The highest BCUT2D eigenvalue weighted by molar-refractivity contribution is 9.10. The summed E-state index contributed by atoms with van der Waals surface area (Å²) in [6, 6.07) is 5.81. The number of carbonyl (C=O) groups is 1. The summed E-state index contributed by atoms with van der Waals surface area (Å²) >= 11 is 3.45. The summed E-state index contributed by atoms with van der Waals surface area (Å²) in [5, 5.41) is 0. The average molecular weight is 396 g/mol. The van der Waals surface area contributed by atoms with Gasteiger partial charge in [0.05, 0.1) is 11.0 Å². The van der Waals surface area contributed by atoms with E-state index in [1.165, 1.54) is 0 Å². The first-order valence-corrected chi connectivity index (χ1v) is 9.11. The van der Waals surface area contributed by atoms with Gasteiger partial charge in [-0.2, -0.15) is 0 Å². The molecule has 5 nitrogen and oxygen atoms in total. The third kappa shape index (κ3) is 5.23. The molecule has 1 aromatic heterocycles. The minimum atomic E-state index is -0.539. The molecule has 2 aromatic rings. The van der Waals surface area contributed by atoms with Crippen molar-refractivity contribution in [1.82, 2.24) is 9.97 Å². The minimum Gasteiger partial charge on any atom is -0.443 e. The van der Waals surface area contributed by atoms with E-state index in [1.807, 2.05) is 39.0 Å². The van der Waals surface area contributed by atoms with Crippen LogP contribution >= 0.6 is 15.9 Å². The Hall–Kier alpha value is -1.56. The number of aromatic nitrogens is 2. The van der Waals surface area contributed by atoms with Gasteiger partial charge >= 0.3 is 6.09 Å². The van der Waals surface area contributed by atoms with Gasteiger partial charge in [-0.15, -0.1) is 0 Å². The molecule has 2 rings (SSSR count). The molecule has 0 aliphatic rings. The molecule has 0 saturated heterocycles. The molecule has 0 unspecified atom stereocenters. The Bertz CT molecular complexity index is 704. The molecular weight excluding hydrogens is 370 g/mol. The Balaban J connectivity index is 2.26. The second-order valence-electron chi connectivity index (χ2n) is 7.39. The normalized spacial score (nSPS) is 12.0. The maximum absolute atomic E-state index is 12.6. The molecular formula is C18H26BrN3O2. The van der Waals surface area contributed by atoms with E-state index in [4.69, 9.17) is 4.74 Å². The quantitative estimate of drug-likeness (QED) is 0.726. The van der Waals surface area contributed by atoms with Crippen LogP contribution in [0.15, 0.2) is 22.7 Å². The van der Waals surface area contributed by atoms with Crippen LogP contribution in [0.25, 0.3) is 11.0 Å². The number of amides is 1. The Labute approximate surface area is 151 Å². The lowest BCUT2D eigenvalue weighted by atomic mass is 10.1. The van der Waals surface area contributed by atoms with E-state index in [0.29, 0.717) is 18.4 Å². The number of fused-ring (bicyclic) bond motifs is 1. The second kappa shape index (κ2) is 7.55. The first kappa shape index (κ1) is 18.8. The number of carbonyl (C=O) groups excluding carboxylic acids is 1. The lowest BCUT2D eigenvalue weighted by Crippen LogP contribution is -2.38. The summed E-state index contributed by atoms with van der Waals surface area (Å²) < 4.78 is 6.50. The molecule has 6 heteroatoms. The van der Waals surface area contributed by atoms with Crippen LogP contribution in [0.1, 0.15) is 47.5 Å². The molecule has 132 valence electrons. The molecule has 0 saturated carbocycles. The summed E-state index contributed by atoms with van der Waals surface area (Å²) in [7, 11) is 0. The molecule has 0 radical (unpaired) electrons. The molecule has 1 N–H and O–H groups in total. The zero-order valence-corrected chi connectivity index (χ0v) is 16.6. The molecule has 1 aromatic carbocycles. The van der Waals surface area contributed by atoms with Gasteiger partial charge in [0.25, 0.3) is 0 Å². The number of hydrogen-bond donors (Lipinski definition) is 1. The molecule has 1 amide bonds. The summed E-state index contributed by atoms with van der Waals surface area (Å²) in [5.41, 5.74) is 1.17. The smallest absolute Gasteiger partial charge is 0.417 e. The van der Waals surface area contributed by atoms with Crippen molar-refractivity contribution in [2.45, 2.75) is 53.1 Å². The third-order valence-corrected chi connectivity index (χ3v) is 3.96. The number of anilines is 1. The van der Waals surface area contributed by atoms with Gasteiger partial charge in [-0.3, -0.25) is 0 Å². The van der Waals surface area contributed by atoms with Gasteiger partial charge in [0.15, 0.2) is 0 Å². The van der Waals surface area contributed by atoms with Crippen molar-refractivity contribution in [3.8, 4) is 0 Å². The fraction of sp³-hybridized carbons (Fsp3) is 0.556. The van der Waals surface area contributed by atoms with Crippen LogP contribution in [0.3, 0.4) is 0 Å². The molecule has 0 fully saturated rings. The van der Waals surface area contributed by atoms with Gasteiger partial charge in [0.2, 0.25) is 5.95 Å². The number of H-pyrrole nitrogens is 1. The van der Waals surface area contributed by atoms with Gasteiger partial charge in [-0.05, 0) is 57.7 Å². The second-order valence-corrected chi connectivity index (χ2v) is 8.31. The van der Waals surface area contributed by atoms with Crippen LogP contribution < -0.4 is 4.90 Å². The number of ether oxygens (including phenoxy) is 1. The van der Waals surface area contributed by atoms with Crippen LogP contribution in [0.2, 0.25) is 0 Å². The lowest BCUT2D eigenvalue weighted by Gasteiger charge is -2.26. The zero-order valence-electron chi connectivity index (χ0n) is 15.0. The fourth-order valence-electron chi connectivity index (χ4n) is 2.35. The first-order valence-electron chi connectivity index (χ1n) is 8.31. The molecule has 0 spiro atoms. The zero-order chi connectivity index (χ0) is 17.9. The van der Waals surface area contributed by atoms with Crippen molar-refractivity contribution in [2.75, 3.05) is 11.4 Å². The van der Waals surface area contributed by atoms with Gasteiger partial charge in [0.1, 0.15) is 5.60 Å². The number of benzene rings is 1. The minimum absolute atomic E-state index is 0.371. The van der Waals surface area contributed by atoms with Gasteiger partial charge in [-0.1, -0.05) is 29.8 Å². The van der Waals surface area contributed by atoms with Crippen LogP contribution in [0.4, 0.5) is 10.7 Å². The third-order valence-electron chi connectivity index (χ3n) is 3.47. The number of aromatic amines is 1. The van der Waals surface area contributed by atoms with Crippen LogP contribution in [0.5, 0.6) is 0 Å². The van der Waals surface area contributed by atoms with E-state index in [2.05, 4.69) is 39.7 Å². The molecule has 0 atom stereocenters. The number of imidazole rings is 1. The van der Waals surface area contributed by atoms with E-state index < -0.39 is 5.60 Å². The van der Waals surface area contributed by atoms with E-state index in [0.717, 1.165) is 28.3 Å². The van der Waals surface area contributed by atoms with Crippen LogP contribution in [-0.4, -0.2) is 28.2 Å².